The first-order chi connectivity index (χ1) is 10.9. The van der Waals surface area contributed by atoms with Crippen LogP contribution in [0, 0.1) is 13.8 Å². The molecule has 2 N–H and O–H groups in total. The molecule has 23 heavy (non-hydrogen) atoms. The molecular formula is C15H17BrN4O3. The van der Waals surface area contributed by atoms with E-state index >= 15 is 0 Å². The quantitative estimate of drug-likeness (QED) is 0.775. The Hall–Kier alpha value is -2.35. The summed E-state index contributed by atoms with van der Waals surface area (Å²) in [6.07, 6.45) is 0. The highest BCUT2D eigenvalue weighted by Crippen LogP contribution is 2.33. The number of hydrazine groups is 1. The summed E-state index contributed by atoms with van der Waals surface area (Å²) in [7, 11) is 3.02. The van der Waals surface area contributed by atoms with Gasteiger partial charge in [0.1, 0.15) is 11.5 Å². The van der Waals surface area contributed by atoms with Crippen molar-refractivity contribution < 1.29 is 14.3 Å². The zero-order valence-electron chi connectivity index (χ0n) is 13.2. The molecule has 7 nitrogen and oxygen atoms in total. The Morgan fingerprint density at radius 2 is 1.74 bits per heavy atom. The number of aryl methyl sites for hydroxylation is 2. The minimum absolute atomic E-state index is 0.315. The number of methoxy groups -OCH3 is 2. The van der Waals surface area contributed by atoms with Gasteiger partial charge in [0.05, 0.1) is 24.3 Å². The van der Waals surface area contributed by atoms with Gasteiger partial charge >= 0.3 is 0 Å². The summed E-state index contributed by atoms with van der Waals surface area (Å²) in [5.41, 5.74) is 7.17. The van der Waals surface area contributed by atoms with E-state index in [4.69, 9.17) is 9.47 Å². The van der Waals surface area contributed by atoms with Gasteiger partial charge in [-0.05, 0) is 48.0 Å². The van der Waals surface area contributed by atoms with Crippen molar-refractivity contribution in [1.82, 2.24) is 15.4 Å². The van der Waals surface area contributed by atoms with E-state index in [9.17, 15) is 4.79 Å². The smallest absolute Gasteiger partial charge is 0.273 e. The molecule has 122 valence electrons. The summed E-state index contributed by atoms with van der Waals surface area (Å²) in [4.78, 5) is 20.8. The van der Waals surface area contributed by atoms with E-state index in [1.54, 1.807) is 12.1 Å². The van der Waals surface area contributed by atoms with Crippen LogP contribution in [0.1, 0.15) is 21.7 Å². The molecule has 8 heteroatoms. The molecular weight excluding hydrogens is 364 g/mol. The van der Waals surface area contributed by atoms with Gasteiger partial charge in [-0.2, -0.15) is 0 Å². The first kappa shape index (κ1) is 17.0. The van der Waals surface area contributed by atoms with Gasteiger partial charge in [-0.25, -0.2) is 9.97 Å². The molecule has 0 fully saturated rings. The lowest BCUT2D eigenvalue weighted by atomic mass is 10.2. The lowest BCUT2D eigenvalue weighted by molar-refractivity contribution is 0.0958. The van der Waals surface area contributed by atoms with Crippen molar-refractivity contribution in [3.63, 3.8) is 0 Å². The Balaban J connectivity index is 2.21. The van der Waals surface area contributed by atoms with Gasteiger partial charge in [-0.3, -0.25) is 15.6 Å². The molecule has 0 spiro atoms. The third-order valence-corrected chi connectivity index (χ3v) is 3.56. The number of anilines is 1. The van der Waals surface area contributed by atoms with Gasteiger partial charge in [0.25, 0.3) is 5.91 Å². The molecule has 1 heterocycles. The number of hydrogen-bond acceptors (Lipinski definition) is 6. The number of ether oxygens (including phenoxy) is 2. The predicted octanol–water partition coefficient (Wildman–Crippen LogP) is 2.63. The number of nitrogens with one attached hydrogen (secondary N) is 2. The largest absolute Gasteiger partial charge is 0.497 e. The third-order valence-electron chi connectivity index (χ3n) is 2.97. The Kier molecular flexibility index (Phi) is 5.38. The fourth-order valence-electron chi connectivity index (χ4n) is 2.02. The van der Waals surface area contributed by atoms with E-state index < -0.39 is 5.91 Å². The maximum absolute atomic E-state index is 12.4. The van der Waals surface area contributed by atoms with E-state index in [-0.39, 0.29) is 0 Å². The molecule has 0 radical (unpaired) electrons. The SMILES string of the molecule is COc1cc(Br)c(OC)c(C(=O)NNc2nc(C)cc(C)n2)c1. The molecule has 0 saturated heterocycles. The number of hydrogen-bond donors (Lipinski definition) is 2. The van der Waals surface area contributed by atoms with Crippen LogP contribution in [0.2, 0.25) is 0 Å². The van der Waals surface area contributed by atoms with Gasteiger partial charge < -0.3 is 9.47 Å². The number of aromatic nitrogens is 2. The third kappa shape index (κ3) is 4.10. The van der Waals surface area contributed by atoms with Crippen LogP contribution < -0.4 is 20.3 Å². The topological polar surface area (TPSA) is 85.4 Å². The Morgan fingerprint density at radius 1 is 1.09 bits per heavy atom. The molecule has 2 rings (SSSR count). The van der Waals surface area contributed by atoms with E-state index in [1.165, 1.54) is 14.2 Å². The molecule has 0 unspecified atom stereocenters. The van der Waals surface area contributed by atoms with Crippen LogP contribution >= 0.6 is 15.9 Å². The van der Waals surface area contributed by atoms with Crippen LogP contribution in [-0.2, 0) is 0 Å². The number of amides is 1. The summed E-state index contributed by atoms with van der Waals surface area (Å²) in [5.74, 6) is 0.859. The summed E-state index contributed by atoms with van der Waals surface area (Å²) >= 11 is 3.35. The molecule has 2 aromatic rings. The zero-order chi connectivity index (χ0) is 17.0. The van der Waals surface area contributed by atoms with Crippen LogP contribution in [-0.4, -0.2) is 30.1 Å². The van der Waals surface area contributed by atoms with Crippen molar-refractivity contribution in [3.05, 3.63) is 39.6 Å². The predicted molar refractivity (Wildman–Crippen MR) is 89.8 cm³/mol. The number of halogens is 1. The molecule has 1 amide bonds. The summed E-state index contributed by atoms with van der Waals surface area (Å²) in [6, 6.07) is 5.15. The highest BCUT2D eigenvalue weighted by molar-refractivity contribution is 9.10. The molecule has 0 saturated carbocycles. The van der Waals surface area contributed by atoms with Gasteiger partial charge in [-0.1, -0.05) is 0 Å². The van der Waals surface area contributed by atoms with Crippen LogP contribution in [0.25, 0.3) is 0 Å². The fraction of sp³-hybridized carbons (Fsp3) is 0.267. The Bertz CT molecular complexity index is 717. The second-order valence-electron chi connectivity index (χ2n) is 4.74. The van der Waals surface area contributed by atoms with Crippen LogP contribution in [0.3, 0.4) is 0 Å². The zero-order valence-corrected chi connectivity index (χ0v) is 14.8. The highest BCUT2D eigenvalue weighted by Gasteiger charge is 2.17. The average Bonchev–Trinajstić information content (AvgIpc) is 2.50. The highest BCUT2D eigenvalue weighted by atomic mass is 79.9. The summed E-state index contributed by atoms with van der Waals surface area (Å²) in [6.45, 7) is 3.70. The standard InChI is InChI=1S/C15H17BrN4O3/c1-8-5-9(2)18-15(17-8)20-19-14(21)11-6-10(22-3)7-12(16)13(11)23-4/h5-7H,1-4H3,(H,19,21)(H,17,18,20). The molecule has 1 aromatic heterocycles. The second kappa shape index (κ2) is 7.28. The minimum atomic E-state index is -0.399. The van der Waals surface area contributed by atoms with Crippen molar-refractivity contribution >= 4 is 27.8 Å². The van der Waals surface area contributed by atoms with Crippen molar-refractivity contribution in [3.8, 4) is 11.5 Å². The van der Waals surface area contributed by atoms with Crippen LogP contribution in [0.4, 0.5) is 5.95 Å². The molecule has 1 aromatic carbocycles. The molecule has 0 atom stereocenters. The number of carbonyl (C=O) groups excluding carboxylic acids is 1. The van der Waals surface area contributed by atoms with Gasteiger partial charge in [0, 0.05) is 11.4 Å². The van der Waals surface area contributed by atoms with Crippen molar-refractivity contribution in [2.45, 2.75) is 13.8 Å². The van der Waals surface area contributed by atoms with Crippen molar-refractivity contribution in [2.24, 2.45) is 0 Å². The molecule has 0 aliphatic rings. The lowest BCUT2D eigenvalue weighted by Crippen LogP contribution is -2.31. The van der Waals surface area contributed by atoms with E-state index in [1.807, 2.05) is 19.9 Å². The van der Waals surface area contributed by atoms with E-state index in [2.05, 4.69) is 36.7 Å². The van der Waals surface area contributed by atoms with Crippen molar-refractivity contribution in [1.29, 1.82) is 0 Å². The molecule has 0 bridgehead atoms. The normalized spacial score (nSPS) is 10.1. The fourth-order valence-corrected chi connectivity index (χ4v) is 2.63. The number of carbonyl (C=O) groups is 1. The maximum atomic E-state index is 12.4. The minimum Gasteiger partial charge on any atom is -0.497 e. The number of rotatable bonds is 5. The monoisotopic (exact) mass is 380 g/mol. The van der Waals surface area contributed by atoms with Crippen molar-refractivity contribution in [2.75, 3.05) is 19.6 Å². The first-order valence-corrected chi connectivity index (χ1v) is 7.54. The van der Waals surface area contributed by atoms with Gasteiger partial charge in [-0.15, -0.1) is 0 Å². The Labute approximate surface area is 142 Å². The Morgan fingerprint density at radius 3 is 2.30 bits per heavy atom. The van der Waals surface area contributed by atoms with E-state index in [0.717, 1.165) is 11.4 Å². The van der Waals surface area contributed by atoms with Gasteiger partial charge in [0.15, 0.2) is 0 Å². The maximum Gasteiger partial charge on any atom is 0.273 e. The molecule has 0 aliphatic carbocycles. The van der Waals surface area contributed by atoms with E-state index in [0.29, 0.717) is 27.5 Å². The number of nitrogens with zero attached hydrogens (tertiary/aromatic N) is 2. The average molecular weight is 381 g/mol. The molecule has 0 aliphatic heterocycles. The second-order valence-corrected chi connectivity index (χ2v) is 5.60. The lowest BCUT2D eigenvalue weighted by Gasteiger charge is -2.13. The summed E-state index contributed by atoms with van der Waals surface area (Å²) in [5, 5.41) is 0. The van der Waals surface area contributed by atoms with Crippen LogP contribution in [0.15, 0.2) is 22.7 Å². The number of benzene rings is 1. The van der Waals surface area contributed by atoms with Crippen LogP contribution in [0.5, 0.6) is 11.5 Å². The van der Waals surface area contributed by atoms with Gasteiger partial charge in [0.2, 0.25) is 5.95 Å². The summed E-state index contributed by atoms with van der Waals surface area (Å²) < 4.78 is 11.1. The first-order valence-electron chi connectivity index (χ1n) is 6.74.